The molecular formula is C33H22O3. The van der Waals surface area contributed by atoms with Crippen LogP contribution in [0.3, 0.4) is 0 Å². The van der Waals surface area contributed by atoms with Gasteiger partial charge >= 0.3 is 0 Å². The smallest absolute Gasteiger partial charge is 0.136 e. The molecule has 1 aliphatic rings. The summed E-state index contributed by atoms with van der Waals surface area (Å²) < 4.78 is 6.53. The van der Waals surface area contributed by atoms with E-state index >= 15 is 0 Å². The molecule has 0 fully saturated rings. The Morgan fingerprint density at radius 3 is 1.22 bits per heavy atom. The Kier molecular flexibility index (Phi) is 4.36. The van der Waals surface area contributed by atoms with E-state index in [0.717, 1.165) is 43.8 Å². The Morgan fingerprint density at radius 1 is 0.444 bits per heavy atom. The Morgan fingerprint density at radius 2 is 0.806 bits per heavy atom. The molecule has 0 saturated heterocycles. The lowest BCUT2D eigenvalue weighted by Gasteiger charge is -2.43. The van der Waals surface area contributed by atoms with Gasteiger partial charge in [0.2, 0.25) is 0 Å². The highest BCUT2D eigenvalue weighted by Crippen LogP contribution is 2.60. The molecular weight excluding hydrogens is 444 g/mol. The molecule has 0 saturated carbocycles. The van der Waals surface area contributed by atoms with Crippen molar-refractivity contribution >= 4 is 21.5 Å². The number of ether oxygens (including phenoxy) is 1. The average Bonchev–Trinajstić information content (AvgIpc) is 2.93. The number of phenolic OH excluding ortho intramolecular Hbond substituents is 2. The van der Waals surface area contributed by atoms with Gasteiger partial charge in [-0.2, -0.15) is 0 Å². The molecule has 0 amide bonds. The molecule has 6 aromatic carbocycles. The quantitative estimate of drug-likeness (QED) is 0.272. The standard InChI is InChI=1S/C33H22O3/c34-27-19-29-31(25-17-9-7-15-23(25)27)33(21-11-3-1-4-12-21,22-13-5-2-6-14-22)32-26-18-10-8-16-24(26)28(35)20-30(32)36-29/h1-20,34-35H. The third-order valence-electron chi connectivity index (χ3n) is 7.36. The molecule has 0 bridgehead atoms. The summed E-state index contributed by atoms with van der Waals surface area (Å²) in [6.07, 6.45) is 0. The lowest BCUT2D eigenvalue weighted by molar-refractivity contribution is 0.422. The van der Waals surface area contributed by atoms with Gasteiger partial charge in [0.1, 0.15) is 23.0 Å². The van der Waals surface area contributed by atoms with Gasteiger partial charge in [0.15, 0.2) is 0 Å². The summed E-state index contributed by atoms with van der Waals surface area (Å²) in [5.74, 6) is 1.46. The van der Waals surface area contributed by atoms with Crippen LogP contribution >= 0.6 is 0 Å². The van der Waals surface area contributed by atoms with Crippen LogP contribution in [0, 0.1) is 0 Å². The van der Waals surface area contributed by atoms with Gasteiger partial charge in [-0.25, -0.2) is 0 Å². The fraction of sp³-hybridized carbons (Fsp3) is 0.0303. The molecule has 3 nitrogen and oxygen atoms in total. The zero-order valence-corrected chi connectivity index (χ0v) is 19.3. The molecule has 0 atom stereocenters. The van der Waals surface area contributed by atoms with Gasteiger partial charge < -0.3 is 14.9 Å². The van der Waals surface area contributed by atoms with Crippen LogP contribution in [0.5, 0.6) is 23.0 Å². The van der Waals surface area contributed by atoms with E-state index in [1.165, 1.54) is 0 Å². The first kappa shape index (κ1) is 20.6. The normalized spacial score (nSPS) is 13.7. The first-order valence-electron chi connectivity index (χ1n) is 12.0. The van der Waals surface area contributed by atoms with E-state index in [1.807, 2.05) is 60.7 Å². The van der Waals surface area contributed by atoms with E-state index in [9.17, 15) is 10.2 Å². The summed E-state index contributed by atoms with van der Waals surface area (Å²) in [7, 11) is 0. The zero-order valence-electron chi connectivity index (χ0n) is 19.3. The molecule has 7 rings (SSSR count). The van der Waals surface area contributed by atoms with E-state index in [2.05, 4.69) is 48.5 Å². The summed E-state index contributed by atoms with van der Waals surface area (Å²) in [6.45, 7) is 0. The molecule has 6 aromatic rings. The van der Waals surface area contributed by atoms with Crippen LogP contribution in [0.4, 0.5) is 0 Å². The number of hydrogen-bond donors (Lipinski definition) is 2. The van der Waals surface area contributed by atoms with Crippen LogP contribution in [0.1, 0.15) is 22.3 Å². The highest BCUT2D eigenvalue weighted by Gasteiger charge is 2.48. The maximum atomic E-state index is 11.0. The Hall–Kier alpha value is -4.76. The molecule has 36 heavy (non-hydrogen) atoms. The molecule has 3 heteroatoms. The minimum atomic E-state index is -0.772. The Bertz CT molecular complexity index is 1640. The van der Waals surface area contributed by atoms with Crippen LogP contribution in [0.2, 0.25) is 0 Å². The second-order valence-corrected chi connectivity index (χ2v) is 9.21. The van der Waals surface area contributed by atoms with Crippen molar-refractivity contribution in [3.05, 3.63) is 144 Å². The number of rotatable bonds is 2. The topological polar surface area (TPSA) is 49.7 Å². The first-order chi connectivity index (χ1) is 17.7. The fourth-order valence-corrected chi connectivity index (χ4v) is 5.96. The zero-order chi connectivity index (χ0) is 24.3. The number of fused-ring (bicyclic) bond motifs is 6. The van der Waals surface area contributed by atoms with Crippen LogP contribution in [-0.2, 0) is 5.41 Å². The predicted molar refractivity (Wildman–Crippen MR) is 143 cm³/mol. The van der Waals surface area contributed by atoms with Crippen molar-refractivity contribution in [3.8, 4) is 23.0 Å². The second-order valence-electron chi connectivity index (χ2n) is 9.21. The van der Waals surface area contributed by atoms with Gasteiger partial charge in [0.05, 0.1) is 5.41 Å². The van der Waals surface area contributed by atoms with Crippen LogP contribution in [0.15, 0.2) is 121 Å². The summed E-state index contributed by atoms with van der Waals surface area (Å²) in [5, 5.41) is 25.3. The van der Waals surface area contributed by atoms with Crippen molar-refractivity contribution in [3.63, 3.8) is 0 Å². The number of benzene rings is 6. The summed E-state index contributed by atoms with van der Waals surface area (Å²) in [5.41, 5.74) is 3.32. The largest absolute Gasteiger partial charge is 0.507 e. The van der Waals surface area contributed by atoms with Crippen LogP contribution < -0.4 is 4.74 Å². The SMILES string of the molecule is Oc1cc2c(c3ccccc13)C(c1ccccc1)(c1ccccc1)c1c(cc(O)c3ccccc13)O2. The van der Waals surface area contributed by atoms with Crippen molar-refractivity contribution < 1.29 is 14.9 Å². The van der Waals surface area contributed by atoms with E-state index in [4.69, 9.17) is 4.74 Å². The lowest BCUT2D eigenvalue weighted by atomic mass is 9.61. The summed E-state index contributed by atoms with van der Waals surface area (Å²) >= 11 is 0. The highest BCUT2D eigenvalue weighted by atomic mass is 16.5. The third-order valence-corrected chi connectivity index (χ3v) is 7.36. The third kappa shape index (κ3) is 2.68. The van der Waals surface area contributed by atoms with Crippen molar-refractivity contribution in [1.29, 1.82) is 0 Å². The second kappa shape index (κ2) is 7.62. The van der Waals surface area contributed by atoms with Gasteiger partial charge in [-0.1, -0.05) is 109 Å². The minimum absolute atomic E-state index is 0.160. The number of phenols is 2. The van der Waals surface area contributed by atoms with Gasteiger partial charge in [0.25, 0.3) is 0 Å². The first-order valence-corrected chi connectivity index (χ1v) is 12.0. The minimum Gasteiger partial charge on any atom is -0.507 e. The maximum Gasteiger partial charge on any atom is 0.136 e. The molecule has 1 aliphatic heterocycles. The fourth-order valence-electron chi connectivity index (χ4n) is 5.96. The van der Waals surface area contributed by atoms with E-state index < -0.39 is 5.41 Å². The maximum absolute atomic E-state index is 11.0. The van der Waals surface area contributed by atoms with Gasteiger partial charge in [-0.3, -0.25) is 0 Å². The van der Waals surface area contributed by atoms with Gasteiger partial charge in [-0.05, 0) is 21.9 Å². The number of aromatic hydroxyl groups is 2. The highest BCUT2D eigenvalue weighted by molar-refractivity contribution is 6.01. The molecule has 0 unspecified atom stereocenters. The molecule has 0 aromatic heterocycles. The molecule has 0 radical (unpaired) electrons. The van der Waals surface area contributed by atoms with Crippen molar-refractivity contribution in [2.24, 2.45) is 0 Å². The summed E-state index contributed by atoms with van der Waals surface area (Å²) in [4.78, 5) is 0. The van der Waals surface area contributed by atoms with E-state index in [1.54, 1.807) is 12.1 Å². The molecule has 172 valence electrons. The number of hydrogen-bond acceptors (Lipinski definition) is 3. The van der Waals surface area contributed by atoms with E-state index in [0.29, 0.717) is 11.5 Å². The molecule has 0 spiro atoms. The van der Waals surface area contributed by atoms with Crippen LogP contribution in [0.25, 0.3) is 21.5 Å². The van der Waals surface area contributed by atoms with Crippen molar-refractivity contribution in [2.75, 3.05) is 0 Å². The van der Waals surface area contributed by atoms with Crippen molar-refractivity contribution in [2.45, 2.75) is 5.41 Å². The summed E-state index contributed by atoms with van der Waals surface area (Å²) in [6, 6.07) is 40.1. The predicted octanol–water partition coefficient (Wildman–Crippen LogP) is 7.89. The average molecular weight is 467 g/mol. The molecule has 0 aliphatic carbocycles. The Labute approximate surface area is 208 Å². The monoisotopic (exact) mass is 466 g/mol. The van der Waals surface area contributed by atoms with Crippen molar-refractivity contribution in [1.82, 2.24) is 0 Å². The van der Waals surface area contributed by atoms with E-state index in [-0.39, 0.29) is 11.5 Å². The van der Waals surface area contributed by atoms with Gasteiger partial charge in [0, 0.05) is 34.0 Å². The lowest BCUT2D eigenvalue weighted by Crippen LogP contribution is -2.34. The molecule has 2 N–H and O–H groups in total. The Balaban J connectivity index is 1.79. The van der Waals surface area contributed by atoms with Gasteiger partial charge in [-0.15, -0.1) is 0 Å². The van der Waals surface area contributed by atoms with Crippen LogP contribution in [-0.4, -0.2) is 10.2 Å². The molecule has 1 heterocycles.